The third-order valence-corrected chi connectivity index (χ3v) is 4.42. The Bertz CT molecular complexity index is 975. The van der Waals surface area contributed by atoms with E-state index >= 15 is 0 Å². The molecule has 0 unspecified atom stereocenters. The molecule has 0 aliphatic carbocycles. The van der Waals surface area contributed by atoms with Crippen molar-refractivity contribution in [2.45, 2.75) is 12.9 Å². The number of anilines is 2. The van der Waals surface area contributed by atoms with Crippen LogP contribution < -0.4 is 20.1 Å². The molecule has 29 heavy (non-hydrogen) atoms. The van der Waals surface area contributed by atoms with E-state index in [9.17, 15) is 18.0 Å². The van der Waals surface area contributed by atoms with Crippen LogP contribution in [0.5, 0.6) is 11.5 Å². The lowest BCUT2D eigenvalue weighted by Gasteiger charge is -2.09. The van der Waals surface area contributed by atoms with Crippen molar-refractivity contribution in [1.29, 1.82) is 0 Å². The summed E-state index contributed by atoms with van der Waals surface area (Å²) in [6, 6.07) is 12.5. The summed E-state index contributed by atoms with van der Waals surface area (Å²) in [7, 11) is 1.57. The number of thiazole rings is 1. The van der Waals surface area contributed by atoms with Gasteiger partial charge in [-0.25, -0.2) is 4.98 Å². The smallest absolute Gasteiger partial charge is 0.497 e. The lowest BCUT2D eigenvalue weighted by atomic mass is 10.2. The fraction of sp³-hybridized carbons (Fsp3) is 0.158. The molecule has 0 saturated heterocycles. The third-order valence-electron chi connectivity index (χ3n) is 3.66. The molecule has 6 nitrogen and oxygen atoms in total. The van der Waals surface area contributed by atoms with E-state index in [0.717, 1.165) is 5.56 Å². The van der Waals surface area contributed by atoms with Gasteiger partial charge in [-0.15, -0.1) is 24.5 Å². The molecule has 3 rings (SSSR count). The fourth-order valence-corrected chi connectivity index (χ4v) is 3.07. The van der Waals surface area contributed by atoms with Crippen molar-refractivity contribution in [3.63, 3.8) is 0 Å². The largest absolute Gasteiger partial charge is 0.573 e. The van der Waals surface area contributed by atoms with Crippen LogP contribution in [0.3, 0.4) is 0 Å². The Hall–Kier alpha value is -3.27. The molecule has 1 amide bonds. The van der Waals surface area contributed by atoms with Gasteiger partial charge in [0.05, 0.1) is 7.11 Å². The van der Waals surface area contributed by atoms with E-state index in [-0.39, 0.29) is 17.4 Å². The van der Waals surface area contributed by atoms with Gasteiger partial charge in [0.25, 0.3) is 5.91 Å². The summed E-state index contributed by atoms with van der Waals surface area (Å²) in [5.74, 6) is 0.0365. The number of amides is 1. The fourth-order valence-electron chi connectivity index (χ4n) is 2.35. The molecular weight excluding hydrogens is 407 g/mol. The van der Waals surface area contributed by atoms with Gasteiger partial charge in [-0.2, -0.15) is 0 Å². The van der Waals surface area contributed by atoms with E-state index in [2.05, 4.69) is 20.4 Å². The number of nitrogens with one attached hydrogen (secondary N) is 2. The summed E-state index contributed by atoms with van der Waals surface area (Å²) in [4.78, 5) is 16.5. The lowest BCUT2D eigenvalue weighted by molar-refractivity contribution is -0.274. The molecule has 2 N–H and O–H groups in total. The molecule has 10 heteroatoms. The normalized spacial score (nSPS) is 11.0. The molecule has 152 valence electrons. The third kappa shape index (κ3) is 6.11. The van der Waals surface area contributed by atoms with E-state index in [4.69, 9.17) is 4.74 Å². The first-order chi connectivity index (χ1) is 13.8. The molecule has 0 atom stereocenters. The number of hydrogen-bond acceptors (Lipinski definition) is 6. The average molecular weight is 423 g/mol. The molecule has 1 heterocycles. The number of methoxy groups -OCH3 is 1. The second kappa shape index (κ2) is 8.82. The zero-order valence-corrected chi connectivity index (χ0v) is 15.9. The Kier molecular flexibility index (Phi) is 6.23. The maximum absolute atomic E-state index is 12.3. The molecule has 0 aliphatic rings. The number of alkyl halides is 3. The average Bonchev–Trinajstić information content (AvgIpc) is 3.15. The van der Waals surface area contributed by atoms with E-state index in [1.807, 2.05) is 24.3 Å². The van der Waals surface area contributed by atoms with Gasteiger partial charge in [0.15, 0.2) is 5.13 Å². The molecular formula is C19H16F3N3O3S. The zero-order chi connectivity index (χ0) is 20.9. The number of hydrogen-bond donors (Lipinski definition) is 2. The van der Waals surface area contributed by atoms with Gasteiger partial charge in [0.2, 0.25) is 0 Å². The Labute approximate surface area is 168 Å². The van der Waals surface area contributed by atoms with Crippen LogP contribution >= 0.6 is 11.3 Å². The molecule has 0 fully saturated rings. The number of benzene rings is 2. The minimum atomic E-state index is -4.74. The Morgan fingerprint density at radius 2 is 1.90 bits per heavy atom. The number of aromatic nitrogens is 1. The van der Waals surface area contributed by atoms with Crippen molar-refractivity contribution in [2.75, 3.05) is 12.4 Å². The van der Waals surface area contributed by atoms with Crippen LogP contribution in [-0.2, 0) is 6.54 Å². The van der Waals surface area contributed by atoms with Crippen molar-refractivity contribution >= 4 is 28.1 Å². The van der Waals surface area contributed by atoms with Crippen molar-refractivity contribution in [2.24, 2.45) is 0 Å². The number of carbonyl (C=O) groups is 1. The van der Waals surface area contributed by atoms with E-state index in [0.29, 0.717) is 23.1 Å². The summed E-state index contributed by atoms with van der Waals surface area (Å²) in [5, 5.41) is 7.72. The van der Waals surface area contributed by atoms with Crippen LogP contribution in [0.1, 0.15) is 16.1 Å². The molecule has 2 aromatic carbocycles. The summed E-state index contributed by atoms with van der Waals surface area (Å²) in [5.41, 5.74) is 1.63. The van der Waals surface area contributed by atoms with Crippen LogP contribution in [0.2, 0.25) is 0 Å². The molecule has 3 aromatic rings. The predicted molar refractivity (Wildman–Crippen MR) is 103 cm³/mol. The predicted octanol–water partition coefficient (Wildman–Crippen LogP) is 4.72. The van der Waals surface area contributed by atoms with Crippen LogP contribution in [-0.4, -0.2) is 24.4 Å². The summed E-state index contributed by atoms with van der Waals surface area (Å²) >= 11 is 1.20. The van der Waals surface area contributed by atoms with E-state index in [1.165, 1.54) is 35.6 Å². The topological polar surface area (TPSA) is 72.5 Å². The number of rotatable bonds is 7. The first-order valence-electron chi connectivity index (χ1n) is 8.32. The van der Waals surface area contributed by atoms with Gasteiger partial charge >= 0.3 is 6.36 Å². The number of ether oxygens (including phenoxy) is 2. The zero-order valence-electron chi connectivity index (χ0n) is 15.1. The minimum absolute atomic E-state index is 0.234. The first kappa shape index (κ1) is 20.5. The van der Waals surface area contributed by atoms with Gasteiger partial charge in [0, 0.05) is 17.6 Å². The molecule has 0 bridgehead atoms. The first-order valence-corrected chi connectivity index (χ1v) is 9.20. The molecule has 0 aliphatic heterocycles. The molecule has 1 aromatic heterocycles. The Morgan fingerprint density at radius 3 is 2.59 bits per heavy atom. The summed E-state index contributed by atoms with van der Waals surface area (Å²) in [6.45, 7) is 0.316. The Balaban J connectivity index is 1.56. The molecule has 0 radical (unpaired) electrons. The number of carbonyl (C=O) groups excluding carboxylic acids is 1. The van der Waals surface area contributed by atoms with E-state index in [1.54, 1.807) is 12.5 Å². The second-order valence-electron chi connectivity index (χ2n) is 5.77. The van der Waals surface area contributed by atoms with Gasteiger partial charge < -0.3 is 20.1 Å². The molecule has 0 saturated carbocycles. The van der Waals surface area contributed by atoms with E-state index < -0.39 is 6.36 Å². The summed E-state index contributed by atoms with van der Waals surface area (Å²) in [6.07, 6.45) is -4.74. The van der Waals surface area contributed by atoms with Crippen LogP contribution in [0, 0.1) is 0 Å². The van der Waals surface area contributed by atoms with Crippen molar-refractivity contribution < 1.29 is 27.4 Å². The van der Waals surface area contributed by atoms with Gasteiger partial charge in [-0.05, 0) is 42.0 Å². The number of halogens is 3. The second-order valence-corrected chi connectivity index (χ2v) is 6.63. The minimum Gasteiger partial charge on any atom is -0.497 e. The quantitative estimate of drug-likeness (QED) is 0.575. The van der Waals surface area contributed by atoms with Gasteiger partial charge in [-0.3, -0.25) is 4.79 Å². The highest BCUT2D eigenvalue weighted by atomic mass is 32.1. The maximum atomic E-state index is 12.3. The van der Waals surface area contributed by atoms with Gasteiger partial charge in [-0.1, -0.05) is 12.1 Å². The lowest BCUT2D eigenvalue weighted by Crippen LogP contribution is -2.23. The highest BCUT2D eigenvalue weighted by Gasteiger charge is 2.30. The standard InChI is InChI=1S/C19H16F3N3O3S/c1-27-15-4-2-3-12(9-15)10-23-17(26)16-11-29-18(25-16)24-13-5-7-14(8-6-13)28-19(20,21)22/h2-9,11H,10H2,1H3,(H,23,26)(H,24,25). The van der Waals surface area contributed by atoms with Gasteiger partial charge in [0.1, 0.15) is 17.2 Å². The monoisotopic (exact) mass is 423 g/mol. The maximum Gasteiger partial charge on any atom is 0.573 e. The van der Waals surface area contributed by atoms with Crippen LogP contribution in [0.4, 0.5) is 24.0 Å². The number of nitrogens with zero attached hydrogens (tertiary/aromatic N) is 1. The molecule has 0 spiro atoms. The highest BCUT2D eigenvalue weighted by molar-refractivity contribution is 7.14. The Morgan fingerprint density at radius 1 is 1.14 bits per heavy atom. The highest BCUT2D eigenvalue weighted by Crippen LogP contribution is 2.26. The van der Waals surface area contributed by atoms with Crippen molar-refractivity contribution in [3.05, 3.63) is 65.2 Å². The van der Waals surface area contributed by atoms with Crippen LogP contribution in [0.15, 0.2) is 53.9 Å². The van der Waals surface area contributed by atoms with Crippen molar-refractivity contribution in [1.82, 2.24) is 10.3 Å². The summed E-state index contributed by atoms with van der Waals surface area (Å²) < 4.78 is 45.5. The van der Waals surface area contributed by atoms with Crippen molar-refractivity contribution in [3.8, 4) is 11.5 Å². The van der Waals surface area contributed by atoms with Crippen LogP contribution in [0.25, 0.3) is 0 Å². The SMILES string of the molecule is COc1cccc(CNC(=O)c2csc(Nc3ccc(OC(F)(F)F)cc3)n2)c1.